The van der Waals surface area contributed by atoms with Crippen LogP contribution in [0, 0.1) is 0 Å². The Labute approximate surface area is 495 Å². The van der Waals surface area contributed by atoms with Crippen molar-refractivity contribution in [3.05, 3.63) is 109 Å². The molecule has 0 aliphatic carbocycles. The van der Waals surface area contributed by atoms with E-state index in [0.29, 0.717) is 19.3 Å². The van der Waals surface area contributed by atoms with Gasteiger partial charge in [0, 0.05) is 19.3 Å². The molecule has 0 N–H and O–H groups in total. The maximum atomic E-state index is 12.9. The first-order valence-electron chi connectivity index (χ1n) is 33.9. The lowest BCUT2D eigenvalue weighted by atomic mass is 10.0. The van der Waals surface area contributed by atoms with Crippen molar-refractivity contribution < 1.29 is 28.6 Å². The van der Waals surface area contributed by atoms with E-state index in [2.05, 4.69) is 130 Å². The van der Waals surface area contributed by atoms with E-state index in [9.17, 15) is 14.4 Å². The van der Waals surface area contributed by atoms with Gasteiger partial charge in [-0.3, -0.25) is 14.4 Å². The third-order valence-electron chi connectivity index (χ3n) is 14.5. The van der Waals surface area contributed by atoms with E-state index in [-0.39, 0.29) is 31.1 Å². The fourth-order valence-electron chi connectivity index (χ4n) is 9.42. The molecule has 0 fully saturated rings. The van der Waals surface area contributed by atoms with Gasteiger partial charge in [-0.1, -0.05) is 291 Å². The monoisotopic (exact) mass is 1110 g/mol. The Kier molecular flexibility index (Phi) is 64.3. The van der Waals surface area contributed by atoms with Gasteiger partial charge in [-0.25, -0.2) is 0 Å². The summed E-state index contributed by atoms with van der Waals surface area (Å²) in [6.07, 6.45) is 92.6. The number of rotatable bonds is 61. The molecule has 458 valence electrons. The van der Waals surface area contributed by atoms with Crippen molar-refractivity contribution in [1.29, 1.82) is 0 Å². The average Bonchev–Trinajstić information content (AvgIpc) is 3.46. The molecule has 1 atom stereocenters. The smallest absolute Gasteiger partial charge is 0.306 e. The van der Waals surface area contributed by atoms with Crippen LogP contribution in [0.25, 0.3) is 0 Å². The molecule has 1 unspecified atom stereocenters. The van der Waals surface area contributed by atoms with E-state index >= 15 is 0 Å². The standard InChI is InChI=1S/C74H126O6/c1-4-7-10-13-16-19-22-24-26-28-30-32-34-36-37-39-40-42-44-46-48-50-52-55-58-61-64-67-73(76)79-70-71(69-78-72(75)66-63-60-57-54-21-18-15-12-9-6-3)80-74(77)68-65-62-59-56-53-51-49-47-45-43-41-38-35-33-31-29-27-25-23-20-17-14-11-8-5-2/h7,10,12,15-16,19,24,26,29-32,36-37,40,42,46,48,71H,4-6,8-9,11,13-14,17-18,20-23,25,27-28,33-35,38-39,41,43-45,47,49-70H2,1-3H3/b10-7-,15-12-,19-16-,26-24-,31-29-,32-30-,37-36-,42-40-,48-46-. The highest BCUT2D eigenvalue weighted by molar-refractivity contribution is 5.71. The van der Waals surface area contributed by atoms with Crippen molar-refractivity contribution >= 4 is 17.9 Å². The number of esters is 3. The van der Waals surface area contributed by atoms with Gasteiger partial charge in [-0.15, -0.1) is 0 Å². The fourth-order valence-corrected chi connectivity index (χ4v) is 9.42. The summed E-state index contributed by atoms with van der Waals surface area (Å²) in [4.78, 5) is 38.3. The normalized spacial score (nSPS) is 12.8. The predicted molar refractivity (Wildman–Crippen MR) is 348 cm³/mol. The minimum absolute atomic E-state index is 0.0884. The minimum atomic E-state index is -0.792. The highest BCUT2D eigenvalue weighted by atomic mass is 16.6. The van der Waals surface area contributed by atoms with Gasteiger partial charge in [0.15, 0.2) is 6.10 Å². The molecule has 0 aliphatic heterocycles. The van der Waals surface area contributed by atoms with Crippen LogP contribution in [0.5, 0.6) is 0 Å². The number of allylic oxidation sites excluding steroid dienone is 18. The van der Waals surface area contributed by atoms with E-state index in [0.717, 1.165) is 141 Å². The van der Waals surface area contributed by atoms with E-state index in [1.165, 1.54) is 141 Å². The molecule has 0 spiro atoms. The van der Waals surface area contributed by atoms with E-state index < -0.39 is 6.10 Å². The Morgan fingerprint density at radius 1 is 0.263 bits per heavy atom. The zero-order chi connectivity index (χ0) is 57.8. The van der Waals surface area contributed by atoms with Crippen LogP contribution >= 0.6 is 0 Å². The van der Waals surface area contributed by atoms with Crippen LogP contribution in [0.1, 0.15) is 323 Å². The van der Waals surface area contributed by atoms with Crippen molar-refractivity contribution in [2.45, 2.75) is 329 Å². The highest BCUT2D eigenvalue weighted by Crippen LogP contribution is 2.16. The third-order valence-corrected chi connectivity index (χ3v) is 14.5. The summed E-state index contributed by atoms with van der Waals surface area (Å²) in [6, 6.07) is 0. The van der Waals surface area contributed by atoms with Crippen molar-refractivity contribution in [2.75, 3.05) is 13.2 Å². The van der Waals surface area contributed by atoms with Crippen molar-refractivity contribution in [2.24, 2.45) is 0 Å². The second kappa shape index (κ2) is 67.6. The zero-order valence-corrected chi connectivity index (χ0v) is 52.6. The van der Waals surface area contributed by atoms with Crippen molar-refractivity contribution in [3.63, 3.8) is 0 Å². The molecule has 6 nitrogen and oxygen atoms in total. The lowest BCUT2D eigenvalue weighted by molar-refractivity contribution is -0.167. The lowest BCUT2D eigenvalue weighted by Gasteiger charge is -2.18. The van der Waals surface area contributed by atoms with Crippen LogP contribution < -0.4 is 0 Å². The highest BCUT2D eigenvalue weighted by Gasteiger charge is 2.19. The second-order valence-electron chi connectivity index (χ2n) is 22.3. The first-order chi connectivity index (χ1) is 39.5. The number of carbonyl (C=O) groups is 3. The Hall–Kier alpha value is -3.93. The van der Waals surface area contributed by atoms with Gasteiger partial charge >= 0.3 is 17.9 Å². The Bertz CT molecular complexity index is 1610. The zero-order valence-electron chi connectivity index (χ0n) is 52.6. The predicted octanol–water partition coefficient (Wildman–Crippen LogP) is 23.4. The Morgan fingerprint density at radius 2 is 0.512 bits per heavy atom. The number of ether oxygens (including phenoxy) is 3. The van der Waals surface area contributed by atoms with Gasteiger partial charge < -0.3 is 14.2 Å². The largest absolute Gasteiger partial charge is 0.462 e. The summed E-state index contributed by atoms with van der Waals surface area (Å²) in [7, 11) is 0. The molecule has 0 aromatic carbocycles. The van der Waals surface area contributed by atoms with Crippen LogP contribution in [-0.2, 0) is 28.6 Å². The van der Waals surface area contributed by atoms with Gasteiger partial charge in [0.1, 0.15) is 13.2 Å². The van der Waals surface area contributed by atoms with Crippen LogP contribution in [-0.4, -0.2) is 37.2 Å². The van der Waals surface area contributed by atoms with Crippen molar-refractivity contribution in [3.8, 4) is 0 Å². The second-order valence-corrected chi connectivity index (χ2v) is 22.3. The summed E-state index contributed by atoms with van der Waals surface area (Å²) >= 11 is 0. The summed E-state index contributed by atoms with van der Waals surface area (Å²) in [6.45, 7) is 6.47. The maximum Gasteiger partial charge on any atom is 0.306 e. The SMILES string of the molecule is CC/C=C\C/C=C\C/C=C\C/C=C\C/C=C\C/C=C\C/C=C\CCCCCCCC(=O)OCC(COC(=O)CCCCCCC/C=C\CCC)OC(=O)CCCCCCCCCCCCCCC/C=C\CCCCCCCCCC. The van der Waals surface area contributed by atoms with Gasteiger partial charge in [0.05, 0.1) is 0 Å². The molecule has 80 heavy (non-hydrogen) atoms. The van der Waals surface area contributed by atoms with Gasteiger partial charge in [-0.05, 0) is 122 Å². The maximum absolute atomic E-state index is 12.9. The molecule has 0 bridgehead atoms. The molecular formula is C74H126O6. The molecule has 0 rings (SSSR count). The molecule has 0 aliphatic rings. The van der Waals surface area contributed by atoms with Gasteiger partial charge in [-0.2, -0.15) is 0 Å². The summed E-state index contributed by atoms with van der Waals surface area (Å²) in [5.41, 5.74) is 0. The Morgan fingerprint density at radius 3 is 0.825 bits per heavy atom. The molecule has 0 radical (unpaired) electrons. The molecule has 0 amide bonds. The van der Waals surface area contributed by atoms with Gasteiger partial charge in [0.25, 0.3) is 0 Å². The quantitative estimate of drug-likeness (QED) is 0.0261. The number of unbranched alkanes of at least 4 members (excludes halogenated alkanes) is 32. The average molecular weight is 1110 g/mol. The molecule has 0 heterocycles. The van der Waals surface area contributed by atoms with Crippen LogP contribution in [0.2, 0.25) is 0 Å². The first kappa shape index (κ1) is 76.1. The molecule has 0 saturated carbocycles. The topological polar surface area (TPSA) is 78.9 Å². The number of hydrogen-bond acceptors (Lipinski definition) is 6. The van der Waals surface area contributed by atoms with E-state index in [1.54, 1.807) is 0 Å². The van der Waals surface area contributed by atoms with Crippen LogP contribution in [0.15, 0.2) is 109 Å². The lowest BCUT2D eigenvalue weighted by Crippen LogP contribution is -2.30. The van der Waals surface area contributed by atoms with E-state index in [4.69, 9.17) is 14.2 Å². The Balaban J connectivity index is 4.27. The van der Waals surface area contributed by atoms with E-state index in [1.807, 2.05) is 0 Å². The number of hydrogen-bond donors (Lipinski definition) is 0. The molecule has 0 saturated heterocycles. The van der Waals surface area contributed by atoms with Crippen LogP contribution in [0.4, 0.5) is 0 Å². The summed E-state index contributed by atoms with van der Waals surface area (Å²) in [5.74, 6) is -0.910. The number of carbonyl (C=O) groups excluding carboxylic acids is 3. The molecule has 0 aromatic heterocycles. The van der Waals surface area contributed by atoms with Crippen LogP contribution in [0.3, 0.4) is 0 Å². The van der Waals surface area contributed by atoms with Gasteiger partial charge in [0.2, 0.25) is 0 Å². The summed E-state index contributed by atoms with van der Waals surface area (Å²) < 4.78 is 16.9. The molecular weight excluding hydrogens is 985 g/mol. The first-order valence-corrected chi connectivity index (χ1v) is 33.9. The van der Waals surface area contributed by atoms with Crippen molar-refractivity contribution in [1.82, 2.24) is 0 Å². The third kappa shape index (κ3) is 64.9. The molecule has 6 heteroatoms. The molecule has 0 aromatic rings. The summed E-state index contributed by atoms with van der Waals surface area (Å²) in [5, 5.41) is 0. The minimum Gasteiger partial charge on any atom is -0.462 e. The fraction of sp³-hybridized carbons (Fsp3) is 0.716.